The van der Waals surface area contributed by atoms with Crippen molar-refractivity contribution in [3.05, 3.63) is 0 Å². The number of esters is 1. The molecule has 4 nitrogen and oxygen atoms in total. The summed E-state index contributed by atoms with van der Waals surface area (Å²) in [5.74, 6) is 0.433. The number of nitrogens with one attached hydrogen (secondary N) is 1. The van der Waals surface area contributed by atoms with Gasteiger partial charge in [-0.05, 0) is 45.4 Å². The van der Waals surface area contributed by atoms with Crippen LogP contribution in [0.1, 0.15) is 59.8 Å². The van der Waals surface area contributed by atoms with Crippen LogP contribution in [0.3, 0.4) is 0 Å². The average molecular weight is 285 g/mol. The summed E-state index contributed by atoms with van der Waals surface area (Å²) in [6, 6.07) is 0.475. The molecule has 0 radical (unpaired) electrons. The van der Waals surface area contributed by atoms with Crippen molar-refractivity contribution in [1.82, 2.24) is 5.32 Å². The molecular weight excluding hydrogens is 254 g/mol. The molecule has 118 valence electrons. The van der Waals surface area contributed by atoms with Crippen molar-refractivity contribution in [3.63, 3.8) is 0 Å². The Morgan fingerprint density at radius 3 is 2.65 bits per heavy atom. The van der Waals surface area contributed by atoms with E-state index in [9.17, 15) is 4.79 Å². The normalized spacial score (nSPS) is 19.4. The quantitative estimate of drug-likeness (QED) is 0.468. The summed E-state index contributed by atoms with van der Waals surface area (Å²) in [6.07, 6.45) is 5.36. The van der Waals surface area contributed by atoms with Gasteiger partial charge in [0.25, 0.3) is 0 Å². The molecule has 0 aromatic rings. The lowest BCUT2D eigenvalue weighted by Crippen LogP contribution is -2.52. The first-order valence-electron chi connectivity index (χ1n) is 8.04. The number of hydrogen-bond donors (Lipinski definition) is 1. The Hall–Kier alpha value is -0.610. The summed E-state index contributed by atoms with van der Waals surface area (Å²) in [4.78, 5) is 12.1. The van der Waals surface area contributed by atoms with Crippen LogP contribution in [-0.4, -0.2) is 37.4 Å². The van der Waals surface area contributed by atoms with Crippen LogP contribution in [0.4, 0.5) is 0 Å². The number of carbonyl (C=O) groups is 1. The lowest BCUT2D eigenvalue weighted by molar-refractivity contribution is -0.151. The molecule has 1 aliphatic rings. The minimum atomic E-state index is -0.606. The molecule has 2 unspecified atom stereocenters. The second kappa shape index (κ2) is 8.63. The van der Waals surface area contributed by atoms with E-state index in [1.807, 2.05) is 13.8 Å². The maximum Gasteiger partial charge on any atom is 0.326 e. The molecule has 1 aliphatic carbocycles. The molecule has 0 spiro atoms. The molecule has 0 saturated heterocycles. The van der Waals surface area contributed by atoms with Gasteiger partial charge in [0.2, 0.25) is 0 Å². The third kappa shape index (κ3) is 6.23. The number of carbonyl (C=O) groups excluding carboxylic acids is 1. The molecule has 0 aromatic carbocycles. The highest BCUT2D eigenvalue weighted by Gasteiger charge is 2.39. The Balaban J connectivity index is 2.34. The summed E-state index contributed by atoms with van der Waals surface area (Å²) in [5, 5.41) is 3.41. The highest BCUT2D eigenvalue weighted by atomic mass is 16.5. The van der Waals surface area contributed by atoms with Gasteiger partial charge in [-0.25, -0.2) is 0 Å². The Morgan fingerprint density at radius 2 is 2.10 bits per heavy atom. The monoisotopic (exact) mass is 285 g/mol. The Morgan fingerprint density at radius 1 is 1.40 bits per heavy atom. The molecule has 1 saturated carbocycles. The number of hydrogen-bond acceptors (Lipinski definition) is 4. The molecule has 0 amide bonds. The van der Waals surface area contributed by atoms with Crippen molar-refractivity contribution in [2.75, 3.05) is 19.8 Å². The summed E-state index contributed by atoms with van der Waals surface area (Å²) >= 11 is 0. The molecule has 0 aromatic heterocycles. The van der Waals surface area contributed by atoms with Gasteiger partial charge in [-0.15, -0.1) is 0 Å². The van der Waals surface area contributed by atoms with E-state index in [0.29, 0.717) is 31.6 Å². The molecule has 0 heterocycles. The first-order chi connectivity index (χ1) is 9.51. The number of rotatable bonds is 11. The van der Waals surface area contributed by atoms with Crippen LogP contribution in [0.2, 0.25) is 0 Å². The van der Waals surface area contributed by atoms with Crippen molar-refractivity contribution in [1.29, 1.82) is 0 Å². The Bertz CT molecular complexity index is 291. The lowest BCUT2D eigenvalue weighted by atomic mass is 9.98. The van der Waals surface area contributed by atoms with Crippen molar-refractivity contribution in [2.45, 2.75) is 71.4 Å². The average Bonchev–Trinajstić information content (AvgIpc) is 3.19. The predicted molar refractivity (Wildman–Crippen MR) is 80.7 cm³/mol. The zero-order chi connectivity index (χ0) is 15.0. The van der Waals surface area contributed by atoms with Crippen LogP contribution in [0, 0.1) is 5.92 Å². The van der Waals surface area contributed by atoms with Gasteiger partial charge in [-0.3, -0.25) is 10.1 Å². The third-order valence-electron chi connectivity index (χ3n) is 3.76. The first kappa shape index (κ1) is 17.4. The molecule has 1 rings (SSSR count). The van der Waals surface area contributed by atoms with E-state index >= 15 is 0 Å². The van der Waals surface area contributed by atoms with E-state index in [2.05, 4.69) is 19.2 Å². The topological polar surface area (TPSA) is 47.6 Å². The van der Waals surface area contributed by atoms with Crippen molar-refractivity contribution in [3.8, 4) is 0 Å². The van der Waals surface area contributed by atoms with Crippen LogP contribution >= 0.6 is 0 Å². The molecule has 2 atom stereocenters. The molecule has 0 bridgehead atoms. The summed E-state index contributed by atoms with van der Waals surface area (Å²) in [6.45, 7) is 9.97. The molecule has 20 heavy (non-hydrogen) atoms. The van der Waals surface area contributed by atoms with Gasteiger partial charge in [0.05, 0.1) is 6.61 Å². The van der Waals surface area contributed by atoms with E-state index in [0.717, 1.165) is 19.4 Å². The third-order valence-corrected chi connectivity index (χ3v) is 3.76. The van der Waals surface area contributed by atoms with E-state index in [4.69, 9.17) is 9.47 Å². The minimum absolute atomic E-state index is 0.155. The fourth-order valence-electron chi connectivity index (χ4n) is 2.34. The largest absolute Gasteiger partial charge is 0.465 e. The van der Waals surface area contributed by atoms with Crippen molar-refractivity contribution in [2.24, 2.45) is 5.92 Å². The fraction of sp³-hybridized carbons (Fsp3) is 0.938. The van der Waals surface area contributed by atoms with Gasteiger partial charge >= 0.3 is 5.97 Å². The van der Waals surface area contributed by atoms with Crippen LogP contribution in [-0.2, 0) is 14.3 Å². The SMILES string of the molecule is CCCC(C)COCCC(C)(NC1CC1)C(=O)OCC. The molecule has 4 heteroatoms. The maximum atomic E-state index is 12.1. The van der Waals surface area contributed by atoms with Crippen LogP contribution < -0.4 is 5.32 Å². The smallest absolute Gasteiger partial charge is 0.326 e. The molecule has 1 fully saturated rings. The van der Waals surface area contributed by atoms with E-state index in [1.165, 1.54) is 12.8 Å². The van der Waals surface area contributed by atoms with Crippen LogP contribution in [0.15, 0.2) is 0 Å². The molecule has 0 aliphatic heterocycles. The van der Waals surface area contributed by atoms with Gasteiger partial charge in [0.1, 0.15) is 5.54 Å². The second-order valence-electron chi connectivity index (χ2n) is 6.19. The van der Waals surface area contributed by atoms with Crippen LogP contribution in [0.5, 0.6) is 0 Å². The minimum Gasteiger partial charge on any atom is -0.465 e. The van der Waals surface area contributed by atoms with Gasteiger partial charge in [-0.2, -0.15) is 0 Å². The fourth-order valence-corrected chi connectivity index (χ4v) is 2.34. The first-order valence-corrected chi connectivity index (χ1v) is 8.04. The summed E-state index contributed by atoms with van der Waals surface area (Å²) in [7, 11) is 0. The molecular formula is C16H31NO3. The number of ether oxygens (including phenoxy) is 2. The van der Waals surface area contributed by atoms with Gasteiger partial charge in [-0.1, -0.05) is 20.3 Å². The highest BCUT2D eigenvalue weighted by molar-refractivity contribution is 5.80. The Labute approximate surface area is 123 Å². The van der Waals surface area contributed by atoms with Gasteiger partial charge in [0, 0.05) is 19.3 Å². The lowest BCUT2D eigenvalue weighted by Gasteiger charge is -2.28. The van der Waals surface area contributed by atoms with Crippen molar-refractivity contribution < 1.29 is 14.3 Å². The van der Waals surface area contributed by atoms with Crippen molar-refractivity contribution >= 4 is 5.97 Å². The van der Waals surface area contributed by atoms with Crippen LogP contribution in [0.25, 0.3) is 0 Å². The predicted octanol–water partition coefficient (Wildman–Crippen LogP) is 2.90. The van der Waals surface area contributed by atoms with Gasteiger partial charge < -0.3 is 9.47 Å². The van der Waals surface area contributed by atoms with E-state index < -0.39 is 5.54 Å². The highest BCUT2D eigenvalue weighted by Crippen LogP contribution is 2.25. The Kier molecular flexibility index (Phi) is 7.52. The molecule has 1 N–H and O–H groups in total. The summed E-state index contributed by atoms with van der Waals surface area (Å²) in [5.41, 5.74) is -0.606. The van der Waals surface area contributed by atoms with Gasteiger partial charge in [0.15, 0.2) is 0 Å². The van der Waals surface area contributed by atoms with E-state index in [1.54, 1.807) is 0 Å². The zero-order valence-corrected chi connectivity index (χ0v) is 13.5. The van der Waals surface area contributed by atoms with E-state index in [-0.39, 0.29) is 5.97 Å². The standard InChI is InChI=1S/C16H31NO3/c1-5-7-13(3)12-19-11-10-16(4,15(18)20-6-2)17-14-8-9-14/h13-14,17H,5-12H2,1-4H3. The summed E-state index contributed by atoms with van der Waals surface area (Å²) < 4.78 is 10.9. The maximum absolute atomic E-state index is 12.1. The zero-order valence-electron chi connectivity index (χ0n) is 13.5. The second-order valence-corrected chi connectivity index (χ2v) is 6.19.